The third-order valence-corrected chi connectivity index (χ3v) is 8.99. The monoisotopic (exact) mass is 561 g/mol. The zero-order valence-corrected chi connectivity index (χ0v) is 23.4. The third kappa shape index (κ3) is 7.30. The maximum Gasteiger partial charge on any atom is 0.230 e. The molecule has 4 aromatic heterocycles. The van der Waals surface area contributed by atoms with Gasteiger partial charge in [-0.15, -0.1) is 21.5 Å². The summed E-state index contributed by atoms with van der Waals surface area (Å²) in [4.78, 5) is 39.3. The molecule has 202 valence electrons. The number of aryl methyl sites for hydroxylation is 1. The standard InChI is InChI=1S/C28H31N7O2S2/c1-2-22-25(38-27(31-22)32-23(36)13-18-7-5-11-29-16-18)20-9-3-4-10-21(15-20)26-34-35-28(39-26)33-24(37)14-19-8-6-12-30-17-19/h5-8,11-12,16-17,20-21H,2-4,9-10,13-15H2,1H3,(H,31,32,36)(H,33,35,37). The molecule has 1 fully saturated rings. The molecule has 0 bridgehead atoms. The summed E-state index contributed by atoms with van der Waals surface area (Å²) in [6.45, 7) is 2.11. The quantitative estimate of drug-likeness (QED) is 0.257. The number of nitrogens with one attached hydrogen (secondary N) is 2. The zero-order valence-electron chi connectivity index (χ0n) is 21.8. The molecule has 4 aromatic rings. The van der Waals surface area contributed by atoms with Crippen molar-refractivity contribution in [3.63, 3.8) is 0 Å². The van der Waals surface area contributed by atoms with E-state index in [1.807, 2.05) is 24.3 Å². The summed E-state index contributed by atoms with van der Waals surface area (Å²) in [5, 5.41) is 16.8. The number of nitrogens with zero attached hydrogens (tertiary/aromatic N) is 5. The molecule has 0 aliphatic heterocycles. The van der Waals surface area contributed by atoms with Gasteiger partial charge in [-0.2, -0.15) is 0 Å². The number of amides is 2. The lowest BCUT2D eigenvalue weighted by molar-refractivity contribution is -0.116. The maximum atomic E-state index is 12.6. The van der Waals surface area contributed by atoms with Crippen molar-refractivity contribution in [1.82, 2.24) is 25.1 Å². The minimum Gasteiger partial charge on any atom is -0.302 e. The van der Waals surface area contributed by atoms with E-state index in [9.17, 15) is 9.59 Å². The van der Waals surface area contributed by atoms with E-state index >= 15 is 0 Å². The van der Waals surface area contributed by atoms with Crippen molar-refractivity contribution in [2.45, 2.75) is 70.1 Å². The molecule has 0 radical (unpaired) electrons. The molecule has 1 saturated carbocycles. The van der Waals surface area contributed by atoms with Crippen LogP contribution in [0.1, 0.15) is 77.6 Å². The zero-order chi connectivity index (χ0) is 27.0. The summed E-state index contributed by atoms with van der Waals surface area (Å²) >= 11 is 3.06. The van der Waals surface area contributed by atoms with Gasteiger partial charge in [0.05, 0.1) is 18.5 Å². The molecule has 0 aromatic carbocycles. The minimum atomic E-state index is -0.125. The van der Waals surface area contributed by atoms with Gasteiger partial charge in [-0.25, -0.2) is 4.98 Å². The number of aromatic nitrogens is 5. The van der Waals surface area contributed by atoms with Crippen LogP contribution < -0.4 is 10.6 Å². The molecule has 11 heteroatoms. The van der Waals surface area contributed by atoms with Gasteiger partial charge >= 0.3 is 0 Å². The normalized spacial score (nSPS) is 17.4. The fourth-order valence-corrected chi connectivity index (χ4v) is 7.09. The molecular formula is C28H31N7O2S2. The van der Waals surface area contributed by atoms with Crippen molar-refractivity contribution in [2.75, 3.05) is 10.6 Å². The first kappa shape index (κ1) is 27.0. The number of hydrogen-bond donors (Lipinski definition) is 2. The van der Waals surface area contributed by atoms with Crippen LogP contribution in [0.3, 0.4) is 0 Å². The second-order valence-corrected chi connectivity index (χ2v) is 11.8. The van der Waals surface area contributed by atoms with E-state index in [0.29, 0.717) is 16.2 Å². The molecule has 9 nitrogen and oxygen atoms in total. The summed E-state index contributed by atoms with van der Waals surface area (Å²) in [7, 11) is 0. The van der Waals surface area contributed by atoms with E-state index < -0.39 is 0 Å². The van der Waals surface area contributed by atoms with Crippen LogP contribution in [0.2, 0.25) is 0 Å². The number of carbonyl (C=O) groups excluding carboxylic acids is 2. The Balaban J connectivity index is 1.24. The van der Waals surface area contributed by atoms with E-state index in [0.717, 1.165) is 60.4 Å². The van der Waals surface area contributed by atoms with Crippen LogP contribution in [0.15, 0.2) is 49.1 Å². The average molecular weight is 562 g/mol. The number of rotatable bonds is 9. The first-order valence-electron chi connectivity index (χ1n) is 13.3. The van der Waals surface area contributed by atoms with Gasteiger partial charge in [-0.1, -0.05) is 43.2 Å². The molecule has 2 unspecified atom stereocenters. The molecule has 1 aliphatic rings. The molecule has 39 heavy (non-hydrogen) atoms. The number of thiazole rings is 1. The first-order chi connectivity index (χ1) is 19.1. The summed E-state index contributed by atoms with van der Waals surface area (Å²) < 4.78 is 0. The Morgan fingerprint density at radius 2 is 1.51 bits per heavy atom. The first-order valence-corrected chi connectivity index (χ1v) is 14.9. The molecule has 0 saturated heterocycles. The highest BCUT2D eigenvalue weighted by Gasteiger charge is 2.29. The fourth-order valence-electron chi connectivity index (χ4n) is 4.97. The van der Waals surface area contributed by atoms with Gasteiger partial charge in [-0.05, 0) is 54.9 Å². The van der Waals surface area contributed by atoms with Crippen LogP contribution in [0, 0.1) is 0 Å². The fraction of sp³-hybridized carbons (Fsp3) is 0.393. The Kier molecular flexibility index (Phi) is 9.00. The Morgan fingerprint density at radius 3 is 2.13 bits per heavy atom. The molecule has 1 aliphatic carbocycles. The highest BCUT2D eigenvalue weighted by molar-refractivity contribution is 7.16. The van der Waals surface area contributed by atoms with Gasteiger partial charge in [-0.3, -0.25) is 19.6 Å². The smallest absolute Gasteiger partial charge is 0.230 e. The van der Waals surface area contributed by atoms with Crippen LogP contribution in [-0.2, 0) is 28.9 Å². The van der Waals surface area contributed by atoms with Gasteiger partial charge in [0.25, 0.3) is 0 Å². The Bertz CT molecular complexity index is 1390. The topological polar surface area (TPSA) is 123 Å². The van der Waals surface area contributed by atoms with Crippen molar-refractivity contribution < 1.29 is 9.59 Å². The number of carbonyl (C=O) groups is 2. The van der Waals surface area contributed by atoms with Crippen LogP contribution in [0.25, 0.3) is 0 Å². The van der Waals surface area contributed by atoms with Gasteiger partial charge in [0.2, 0.25) is 16.9 Å². The van der Waals surface area contributed by atoms with E-state index in [2.05, 4.69) is 37.7 Å². The molecule has 2 amide bonds. The maximum absolute atomic E-state index is 12.6. The summed E-state index contributed by atoms with van der Waals surface area (Å²) in [5.74, 6) is 0.410. The minimum absolute atomic E-state index is 0.0864. The lowest BCUT2D eigenvalue weighted by Gasteiger charge is -2.17. The number of anilines is 2. The van der Waals surface area contributed by atoms with Crippen molar-refractivity contribution >= 4 is 44.8 Å². The molecule has 0 spiro atoms. The summed E-state index contributed by atoms with van der Waals surface area (Å²) in [6, 6.07) is 7.43. The van der Waals surface area contributed by atoms with E-state index in [-0.39, 0.29) is 30.6 Å². The van der Waals surface area contributed by atoms with Crippen LogP contribution in [-0.4, -0.2) is 37.0 Å². The SMILES string of the molecule is CCc1nc(NC(=O)Cc2cccnc2)sc1C1CCCCC(c2nnc(NC(=O)Cc3cccnc3)s2)C1. The average Bonchev–Trinajstić information content (AvgIpc) is 3.49. The predicted molar refractivity (Wildman–Crippen MR) is 153 cm³/mol. The van der Waals surface area contributed by atoms with Crippen LogP contribution in [0.5, 0.6) is 0 Å². The van der Waals surface area contributed by atoms with Crippen molar-refractivity contribution in [1.29, 1.82) is 0 Å². The summed E-state index contributed by atoms with van der Waals surface area (Å²) in [6.07, 6.45) is 13.5. The Labute approximate surface area is 235 Å². The van der Waals surface area contributed by atoms with Gasteiger partial charge in [0.1, 0.15) is 5.01 Å². The molecular weight excluding hydrogens is 530 g/mol. The largest absolute Gasteiger partial charge is 0.302 e. The van der Waals surface area contributed by atoms with Gasteiger partial charge in [0, 0.05) is 35.6 Å². The molecule has 2 N–H and O–H groups in total. The van der Waals surface area contributed by atoms with Crippen molar-refractivity contribution in [2.24, 2.45) is 0 Å². The lowest BCUT2D eigenvalue weighted by Crippen LogP contribution is -2.14. The number of hydrogen-bond acceptors (Lipinski definition) is 9. The van der Waals surface area contributed by atoms with Crippen molar-refractivity contribution in [3.8, 4) is 0 Å². The van der Waals surface area contributed by atoms with Gasteiger partial charge < -0.3 is 10.6 Å². The highest BCUT2D eigenvalue weighted by Crippen LogP contribution is 2.44. The Hall–Kier alpha value is -3.57. The van der Waals surface area contributed by atoms with Crippen LogP contribution >= 0.6 is 22.7 Å². The number of pyridine rings is 2. The van der Waals surface area contributed by atoms with Gasteiger partial charge in [0.15, 0.2) is 5.13 Å². The molecule has 4 heterocycles. The summed E-state index contributed by atoms with van der Waals surface area (Å²) in [5.41, 5.74) is 2.79. The van der Waals surface area contributed by atoms with E-state index in [4.69, 9.17) is 4.98 Å². The predicted octanol–water partition coefficient (Wildman–Crippen LogP) is 5.54. The molecule has 5 rings (SSSR count). The lowest BCUT2D eigenvalue weighted by atomic mass is 9.91. The molecule has 2 atom stereocenters. The van der Waals surface area contributed by atoms with Crippen molar-refractivity contribution in [3.05, 3.63) is 75.8 Å². The van der Waals surface area contributed by atoms with Crippen LogP contribution in [0.4, 0.5) is 10.3 Å². The third-order valence-electron chi connectivity index (χ3n) is 6.81. The second kappa shape index (κ2) is 13.0. The second-order valence-electron chi connectivity index (χ2n) is 9.72. The van der Waals surface area contributed by atoms with E-state index in [1.165, 1.54) is 16.2 Å². The highest BCUT2D eigenvalue weighted by atomic mass is 32.1. The Morgan fingerprint density at radius 1 is 0.872 bits per heavy atom. The van der Waals surface area contributed by atoms with E-state index in [1.54, 1.807) is 36.1 Å².